The molecule has 7 aliphatic rings. The number of aliphatic hydroxyl groups excluding tert-OH is 2. The highest BCUT2D eigenvalue weighted by atomic mass is 16.8. The van der Waals surface area contributed by atoms with Gasteiger partial charge in [0.15, 0.2) is 0 Å². The number of hydrogen-bond acceptors (Lipinski definition) is 10. The molecular formula is C29H40O10. The first-order valence-corrected chi connectivity index (χ1v) is 14.6. The molecule has 39 heavy (non-hydrogen) atoms. The minimum Gasteiger partial charge on any atom is -0.458 e. The number of carbonyl (C=O) groups is 2. The van der Waals surface area contributed by atoms with Gasteiger partial charge in [0.1, 0.15) is 19.0 Å². The summed E-state index contributed by atoms with van der Waals surface area (Å²) in [7, 11) is 0. The minimum atomic E-state index is -2.01. The van der Waals surface area contributed by atoms with E-state index in [4.69, 9.17) is 18.9 Å². The van der Waals surface area contributed by atoms with E-state index in [-0.39, 0.29) is 54.9 Å². The standard InChI is InChI=1S/C29H40O10/c1-14-7-23(32)29(35)25(37-14)38-20-9-16-3-4-18-17(27(16,13-30)11-21(20)39-29)5-6-26(2)19(10-22(31)28(18,26)34)15-8-24(33)36-12-15/h8,13-14,16-23,25,31-32,34-35H,3-7,9-12H2,1-2H3/t14-,16+,17?,18?,19-,20-,21-,22-,23-,25+,26-,27-,28-,29+/m1/s1. The van der Waals surface area contributed by atoms with Crippen LogP contribution < -0.4 is 0 Å². The quantitative estimate of drug-likeness (QED) is 0.223. The molecule has 6 fully saturated rings. The fourth-order valence-corrected chi connectivity index (χ4v) is 10.2. The van der Waals surface area contributed by atoms with Crippen LogP contribution >= 0.6 is 0 Å². The number of carbonyl (C=O) groups excluding carboxylic acids is 2. The summed E-state index contributed by atoms with van der Waals surface area (Å²) in [5.74, 6) is -3.06. The lowest BCUT2D eigenvalue weighted by Crippen LogP contribution is -2.71. The van der Waals surface area contributed by atoms with Crippen molar-refractivity contribution in [2.24, 2.45) is 34.5 Å². The third-order valence-electron chi connectivity index (χ3n) is 12.2. The Morgan fingerprint density at radius 3 is 2.51 bits per heavy atom. The van der Waals surface area contributed by atoms with Crippen molar-refractivity contribution in [3.63, 3.8) is 0 Å². The predicted octanol–water partition coefficient (Wildman–Crippen LogP) is 0.971. The Bertz CT molecular complexity index is 1090. The first-order chi connectivity index (χ1) is 18.5. The normalized spacial score (nSPS) is 58.2. The molecule has 2 saturated heterocycles. The number of aliphatic hydroxyl groups is 4. The second kappa shape index (κ2) is 8.56. The van der Waals surface area contributed by atoms with Crippen LogP contribution in [0.1, 0.15) is 65.2 Å². The lowest BCUT2D eigenvalue weighted by atomic mass is 9.42. The summed E-state index contributed by atoms with van der Waals surface area (Å²) in [5, 5.41) is 45.8. The Labute approximate surface area is 227 Å². The van der Waals surface area contributed by atoms with Crippen LogP contribution in [0, 0.1) is 34.5 Å². The number of hydrogen-bond donors (Lipinski definition) is 4. The fraction of sp³-hybridized carbons (Fsp3) is 0.862. The van der Waals surface area contributed by atoms with Crippen LogP contribution in [0.4, 0.5) is 0 Å². The van der Waals surface area contributed by atoms with E-state index in [2.05, 4.69) is 0 Å². The molecule has 216 valence electrons. The molecule has 4 N–H and O–H groups in total. The summed E-state index contributed by atoms with van der Waals surface area (Å²) in [5.41, 5.74) is -2.06. The highest BCUT2D eigenvalue weighted by Gasteiger charge is 2.73. The second-order valence-electron chi connectivity index (χ2n) is 13.7. The van der Waals surface area contributed by atoms with E-state index in [0.29, 0.717) is 44.9 Å². The van der Waals surface area contributed by atoms with Crippen molar-refractivity contribution in [3.8, 4) is 0 Å². The molecule has 0 aromatic heterocycles. The Kier molecular flexibility index (Phi) is 5.82. The maximum Gasteiger partial charge on any atom is 0.331 e. The molecule has 7 rings (SSSR count). The van der Waals surface area contributed by atoms with Gasteiger partial charge < -0.3 is 44.2 Å². The van der Waals surface area contributed by atoms with Crippen LogP contribution in [0.3, 0.4) is 0 Å². The van der Waals surface area contributed by atoms with Gasteiger partial charge in [0.25, 0.3) is 0 Å². The average molecular weight is 549 g/mol. The summed E-state index contributed by atoms with van der Waals surface area (Å²) in [4.78, 5) is 25.0. The van der Waals surface area contributed by atoms with Crippen molar-refractivity contribution in [2.75, 3.05) is 6.61 Å². The Morgan fingerprint density at radius 1 is 1.00 bits per heavy atom. The average Bonchev–Trinajstić information content (AvgIpc) is 3.41. The topological polar surface area (TPSA) is 152 Å². The maximum atomic E-state index is 13.1. The molecule has 10 heteroatoms. The van der Waals surface area contributed by atoms with E-state index in [0.717, 1.165) is 11.9 Å². The van der Waals surface area contributed by atoms with Crippen molar-refractivity contribution >= 4 is 12.3 Å². The summed E-state index contributed by atoms with van der Waals surface area (Å²) < 4.78 is 23.4. The molecule has 4 aliphatic carbocycles. The highest BCUT2D eigenvalue weighted by molar-refractivity contribution is 5.85. The van der Waals surface area contributed by atoms with Crippen LogP contribution in [0.2, 0.25) is 0 Å². The van der Waals surface area contributed by atoms with Crippen LogP contribution in [-0.2, 0) is 28.5 Å². The summed E-state index contributed by atoms with van der Waals surface area (Å²) >= 11 is 0. The first kappa shape index (κ1) is 26.5. The molecule has 0 amide bonds. The van der Waals surface area contributed by atoms with Gasteiger partial charge in [-0.25, -0.2) is 4.79 Å². The van der Waals surface area contributed by atoms with E-state index in [1.54, 1.807) is 0 Å². The fourth-order valence-electron chi connectivity index (χ4n) is 10.2. The minimum absolute atomic E-state index is 0.00379. The van der Waals surface area contributed by atoms with Gasteiger partial charge >= 0.3 is 5.97 Å². The molecule has 3 heterocycles. The SMILES string of the molecule is C[C@@H]1C[C@@H](O)[C@]2(O)O[C@@H]3C[C@]4(C=O)C5CC[C@]6(C)[C@@H](C7=CC(=O)OC7)C[C@@H](O)[C@]6(O)C5CC[C@H]4C[C@H]3O[C@@H]2O1. The maximum absolute atomic E-state index is 13.1. The van der Waals surface area contributed by atoms with Gasteiger partial charge in [-0.05, 0) is 81.1 Å². The van der Waals surface area contributed by atoms with E-state index >= 15 is 0 Å². The summed E-state index contributed by atoms with van der Waals surface area (Å²) in [6.45, 7) is 4.02. The summed E-state index contributed by atoms with van der Waals surface area (Å²) in [6.07, 6.45) is 2.08. The van der Waals surface area contributed by atoms with Crippen molar-refractivity contribution < 1.29 is 49.0 Å². The zero-order chi connectivity index (χ0) is 27.5. The smallest absolute Gasteiger partial charge is 0.331 e. The number of aldehydes is 1. The molecule has 4 saturated carbocycles. The molecule has 0 bridgehead atoms. The zero-order valence-electron chi connectivity index (χ0n) is 22.5. The lowest BCUT2D eigenvalue weighted by Gasteiger charge is -2.65. The third-order valence-corrected chi connectivity index (χ3v) is 12.2. The number of ether oxygens (including phenoxy) is 4. The van der Waals surface area contributed by atoms with Gasteiger partial charge in [-0.2, -0.15) is 0 Å². The van der Waals surface area contributed by atoms with Crippen LogP contribution in [0.25, 0.3) is 0 Å². The van der Waals surface area contributed by atoms with E-state index in [9.17, 15) is 30.0 Å². The van der Waals surface area contributed by atoms with Crippen LogP contribution in [0.15, 0.2) is 11.6 Å². The zero-order valence-corrected chi connectivity index (χ0v) is 22.5. The Balaban J connectivity index is 1.20. The van der Waals surface area contributed by atoms with Crippen LogP contribution in [-0.4, -0.2) is 87.5 Å². The number of esters is 1. The van der Waals surface area contributed by atoms with Crippen molar-refractivity contribution in [3.05, 3.63) is 11.6 Å². The molecule has 2 unspecified atom stereocenters. The van der Waals surface area contributed by atoms with Crippen molar-refractivity contribution in [2.45, 2.75) is 113 Å². The molecule has 0 aromatic carbocycles. The van der Waals surface area contributed by atoms with Gasteiger partial charge in [-0.1, -0.05) is 6.92 Å². The Hall–Kier alpha value is -1.40. The summed E-state index contributed by atoms with van der Waals surface area (Å²) in [6, 6.07) is 0. The number of rotatable bonds is 2. The Morgan fingerprint density at radius 2 is 1.79 bits per heavy atom. The van der Waals surface area contributed by atoms with Gasteiger partial charge in [0, 0.05) is 23.3 Å². The second-order valence-corrected chi connectivity index (χ2v) is 13.7. The molecule has 3 aliphatic heterocycles. The third kappa shape index (κ3) is 3.34. The van der Waals surface area contributed by atoms with E-state index < -0.39 is 46.8 Å². The van der Waals surface area contributed by atoms with Gasteiger partial charge in [-0.3, -0.25) is 0 Å². The largest absolute Gasteiger partial charge is 0.458 e. The van der Waals surface area contributed by atoms with E-state index in [1.165, 1.54) is 6.08 Å². The molecule has 0 aromatic rings. The molecule has 14 atom stereocenters. The molecule has 0 spiro atoms. The number of fused-ring (bicyclic) bond motifs is 7. The van der Waals surface area contributed by atoms with Gasteiger partial charge in [-0.15, -0.1) is 0 Å². The monoisotopic (exact) mass is 548 g/mol. The van der Waals surface area contributed by atoms with Crippen molar-refractivity contribution in [1.29, 1.82) is 0 Å². The molecule has 10 nitrogen and oxygen atoms in total. The number of cyclic esters (lactones) is 1. The highest BCUT2D eigenvalue weighted by Crippen LogP contribution is 2.70. The van der Waals surface area contributed by atoms with E-state index in [1.807, 2.05) is 13.8 Å². The lowest BCUT2D eigenvalue weighted by molar-refractivity contribution is -0.457. The predicted molar refractivity (Wildman–Crippen MR) is 133 cm³/mol. The van der Waals surface area contributed by atoms with Crippen molar-refractivity contribution in [1.82, 2.24) is 0 Å². The van der Waals surface area contributed by atoms with Gasteiger partial charge in [0.2, 0.25) is 12.1 Å². The van der Waals surface area contributed by atoms with Gasteiger partial charge in [0.05, 0.1) is 30.0 Å². The molecule has 0 radical (unpaired) electrons. The molecular weight excluding hydrogens is 508 g/mol. The first-order valence-electron chi connectivity index (χ1n) is 14.6. The van der Waals surface area contributed by atoms with Crippen LogP contribution in [0.5, 0.6) is 0 Å².